The van der Waals surface area contributed by atoms with Gasteiger partial charge in [-0.25, -0.2) is 0 Å². The van der Waals surface area contributed by atoms with Crippen molar-refractivity contribution in [3.63, 3.8) is 0 Å². The normalized spacial score (nSPS) is 11.8. The van der Waals surface area contributed by atoms with Crippen LogP contribution >= 0.6 is 0 Å². The summed E-state index contributed by atoms with van der Waals surface area (Å²) < 4.78 is 5.77. The highest BCUT2D eigenvalue weighted by Gasteiger charge is 2.15. The molecule has 0 saturated carbocycles. The van der Waals surface area contributed by atoms with E-state index in [4.69, 9.17) is 4.74 Å². The van der Waals surface area contributed by atoms with E-state index in [9.17, 15) is 4.79 Å². The van der Waals surface area contributed by atoms with Gasteiger partial charge in [0.1, 0.15) is 5.75 Å². The van der Waals surface area contributed by atoms with Gasteiger partial charge in [-0.2, -0.15) is 0 Å². The maximum Gasteiger partial charge on any atom is 0.265 e. The smallest absolute Gasteiger partial charge is 0.265 e. The van der Waals surface area contributed by atoms with Gasteiger partial charge in [0, 0.05) is 5.69 Å². The van der Waals surface area contributed by atoms with Gasteiger partial charge in [-0.3, -0.25) is 4.79 Å². The lowest BCUT2D eigenvalue weighted by Crippen LogP contribution is -2.30. The molecule has 1 N–H and O–H groups in total. The molecule has 3 heteroatoms. The molecule has 1 amide bonds. The topological polar surface area (TPSA) is 38.3 Å². The molecule has 2 aromatic rings. The third kappa shape index (κ3) is 5.41. The van der Waals surface area contributed by atoms with Crippen LogP contribution in [0.4, 0.5) is 5.69 Å². The number of hydrogen-bond donors (Lipinski definition) is 1. The Morgan fingerprint density at radius 2 is 1.71 bits per heavy atom. The first-order valence-electron chi connectivity index (χ1n) is 8.62. The molecule has 0 saturated heterocycles. The van der Waals surface area contributed by atoms with E-state index >= 15 is 0 Å². The number of nitrogens with one attached hydrogen (secondary N) is 1. The van der Waals surface area contributed by atoms with Gasteiger partial charge < -0.3 is 10.1 Å². The largest absolute Gasteiger partial charge is 0.481 e. The van der Waals surface area contributed by atoms with Crippen LogP contribution in [-0.2, 0) is 11.2 Å². The third-order valence-corrected chi connectivity index (χ3v) is 3.92. The minimum absolute atomic E-state index is 0.143. The lowest BCUT2D eigenvalue weighted by atomic mass is 10.1. The summed E-state index contributed by atoms with van der Waals surface area (Å²) >= 11 is 0. The van der Waals surface area contributed by atoms with E-state index in [1.807, 2.05) is 38.1 Å². The fourth-order valence-electron chi connectivity index (χ4n) is 2.64. The van der Waals surface area contributed by atoms with E-state index in [0.29, 0.717) is 0 Å². The zero-order valence-electron chi connectivity index (χ0n) is 15.1. The molecule has 128 valence electrons. The molecule has 0 aromatic heterocycles. The number of carbonyl (C=O) groups is 1. The van der Waals surface area contributed by atoms with Crippen molar-refractivity contribution in [2.75, 3.05) is 5.32 Å². The summed E-state index contributed by atoms with van der Waals surface area (Å²) in [4.78, 5) is 12.3. The van der Waals surface area contributed by atoms with Crippen LogP contribution in [0.3, 0.4) is 0 Å². The molecule has 0 heterocycles. The third-order valence-electron chi connectivity index (χ3n) is 3.92. The van der Waals surface area contributed by atoms with Crippen molar-refractivity contribution in [2.24, 2.45) is 0 Å². The number of amides is 1. The highest BCUT2D eigenvalue weighted by atomic mass is 16.5. The number of aryl methyl sites for hydroxylation is 3. The number of ether oxygens (including phenoxy) is 1. The zero-order chi connectivity index (χ0) is 17.5. The summed E-state index contributed by atoms with van der Waals surface area (Å²) in [6, 6.07) is 14.0. The molecule has 0 unspecified atom stereocenters. The van der Waals surface area contributed by atoms with Crippen LogP contribution in [-0.4, -0.2) is 12.0 Å². The Hall–Kier alpha value is -2.29. The number of rotatable bonds is 7. The van der Waals surface area contributed by atoms with Gasteiger partial charge in [-0.1, -0.05) is 31.5 Å². The van der Waals surface area contributed by atoms with Crippen LogP contribution in [0.1, 0.15) is 43.4 Å². The summed E-state index contributed by atoms with van der Waals surface area (Å²) in [5, 5.41) is 2.91. The standard InChI is InChI=1S/C21H27NO2/c1-5-6-7-18-8-10-19(11-9-18)22-21(23)17(4)24-20-13-15(2)12-16(3)14-20/h8-14,17H,5-7H2,1-4H3,(H,22,23)/t17-/m0/s1. The fraction of sp³-hybridized carbons (Fsp3) is 0.381. The molecule has 0 aliphatic carbocycles. The van der Waals surface area contributed by atoms with Crippen molar-refractivity contribution in [3.8, 4) is 5.75 Å². The summed E-state index contributed by atoms with van der Waals surface area (Å²) in [5.74, 6) is 0.584. The quantitative estimate of drug-likeness (QED) is 0.773. The van der Waals surface area contributed by atoms with Gasteiger partial charge in [0.2, 0.25) is 0 Å². The second-order valence-corrected chi connectivity index (χ2v) is 6.37. The molecule has 2 aromatic carbocycles. The van der Waals surface area contributed by atoms with Crippen molar-refractivity contribution in [1.82, 2.24) is 0 Å². The average Bonchev–Trinajstić information content (AvgIpc) is 2.53. The van der Waals surface area contributed by atoms with Gasteiger partial charge in [0.15, 0.2) is 6.10 Å². The van der Waals surface area contributed by atoms with Crippen molar-refractivity contribution < 1.29 is 9.53 Å². The van der Waals surface area contributed by atoms with E-state index in [0.717, 1.165) is 29.0 Å². The van der Waals surface area contributed by atoms with E-state index in [-0.39, 0.29) is 5.91 Å². The molecular formula is C21H27NO2. The van der Waals surface area contributed by atoms with Gasteiger partial charge in [-0.05, 0) is 74.6 Å². The summed E-state index contributed by atoms with van der Waals surface area (Å²) in [7, 11) is 0. The SMILES string of the molecule is CCCCc1ccc(NC(=O)[C@H](C)Oc2cc(C)cc(C)c2)cc1. The number of benzene rings is 2. The van der Waals surface area contributed by atoms with Crippen molar-refractivity contribution >= 4 is 11.6 Å². The Balaban J connectivity index is 1.93. The number of hydrogen-bond acceptors (Lipinski definition) is 2. The summed E-state index contributed by atoms with van der Waals surface area (Å²) in [6.07, 6.45) is 2.90. The predicted molar refractivity (Wildman–Crippen MR) is 99.7 cm³/mol. The molecule has 0 radical (unpaired) electrons. The van der Waals surface area contributed by atoms with Crippen molar-refractivity contribution in [1.29, 1.82) is 0 Å². The van der Waals surface area contributed by atoms with E-state index in [2.05, 4.69) is 30.4 Å². The number of anilines is 1. The van der Waals surface area contributed by atoms with Crippen molar-refractivity contribution in [2.45, 2.75) is 53.1 Å². The van der Waals surface area contributed by atoms with Crippen LogP contribution in [0.15, 0.2) is 42.5 Å². The Kier molecular flexibility index (Phi) is 6.42. The predicted octanol–water partition coefficient (Wildman–Crippen LogP) is 5.05. The molecule has 1 atom stereocenters. The zero-order valence-corrected chi connectivity index (χ0v) is 15.1. The monoisotopic (exact) mass is 325 g/mol. The Labute approximate surface area is 145 Å². The molecule has 0 fully saturated rings. The molecule has 0 bridgehead atoms. The first-order chi connectivity index (χ1) is 11.5. The minimum Gasteiger partial charge on any atom is -0.481 e. The van der Waals surface area contributed by atoms with Gasteiger partial charge in [0.25, 0.3) is 5.91 Å². The summed E-state index contributed by atoms with van der Waals surface area (Å²) in [6.45, 7) is 7.99. The second kappa shape index (κ2) is 8.53. The van der Waals surface area contributed by atoms with Crippen LogP contribution in [0.2, 0.25) is 0 Å². The minimum atomic E-state index is -0.550. The van der Waals surface area contributed by atoms with E-state index < -0.39 is 6.10 Å². The maximum absolute atomic E-state index is 12.3. The maximum atomic E-state index is 12.3. The van der Waals surface area contributed by atoms with Gasteiger partial charge in [-0.15, -0.1) is 0 Å². The summed E-state index contributed by atoms with van der Waals surface area (Å²) in [5.41, 5.74) is 4.35. The van der Waals surface area contributed by atoms with Crippen molar-refractivity contribution in [3.05, 3.63) is 59.2 Å². The van der Waals surface area contributed by atoms with Crippen LogP contribution in [0, 0.1) is 13.8 Å². The van der Waals surface area contributed by atoms with Crippen LogP contribution in [0.25, 0.3) is 0 Å². The second-order valence-electron chi connectivity index (χ2n) is 6.37. The number of unbranched alkanes of at least 4 members (excludes halogenated alkanes) is 1. The number of carbonyl (C=O) groups excluding carboxylic acids is 1. The molecule has 24 heavy (non-hydrogen) atoms. The molecule has 3 nitrogen and oxygen atoms in total. The van der Waals surface area contributed by atoms with E-state index in [1.54, 1.807) is 6.92 Å². The lowest BCUT2D eigenvalue weighted by molar-refractivity contribution is -0.122. The van der Waals surface area contributed by atoms with Crippen LogP contribution in [0.5, 0.6) is 5.75 Å². The first-order valence-corrected chi connectivity index (χ1v) is 8.62. The van der Waals surface area contributed by atoms with E-state index in [1.165, 1.54) is 18.4 Å². The highest BCUT2D eigenvalue weighted by molar-refractivity contribution is 5.94. The molecular weight excluding hydrogens is 298 g/mol. The Bertz CT molecular complexity index is 656. The Morgan fingerprint density at radius 1 is 1.08 bits per heavy atom. The highest BCUT2D eigenvalue weighted by Crippen LogP contribution is 2.18. The average molecular weight is 325 g/mol. The molecule has 0 aliphatic rings. The molecule has 0 aliphatic heterocycles. The van der Waals surface area contributed by atoms with Gasteiger partial charge >= 0.3 is 0 Å². The van der Waals surface area contributed by atoms with Crippen LogP contribution < -0.4 is 10.1 Å². The molecule has 2 rings (SSSR count). The molecule has 0 spiro atoms. The Morgan fingerprint density at radius 3 is 2.29 bits per heavy atom. The fourth-order valence-corrected chi connectivity index (χ4v) is 2.64. The van der Waals surface area contributed by atoms with Gasteiger partial charge in [0.05, 0.1) is 0 Å². The first kappa shape index (κ1) is 18.1. The lowest BCUT2D eigenvalue weighted by Gasteiger charge is -2.16.